The highest BCUT2D eigenvalue weighted by Crippen LogP contribution is 2.16. The minimum Gasteiger partial charge on any atom is -0.396 e. The molecule has 0 fully saturated rings. The van der Waals surface area contributed by atoms with Gasteiger partial charge in [-0.05, 0) is 25.5 Å². The van der Waals surface area contributed by atoms with E-state index in [-0.39, 0.29) is 18.3 Å². The molecule has 1 aromatic rings. The molecule has 1 rings (SSSR count). The van der Waals surface area contributed by atoms with Gasteiger partial charge in [0.25, 0.3) is 0 Å². The van der Waals surface area contributed by atoms with E-state index in [1.54, 1.807) is 6.92 Å². The van der Waals surface area contributed by atoms with Gasteiger partial charge in [-0.15, -0.1) is 0 Å². The zero-order valence-electron chi connectivity index (χ0n) is 9.34. The Labute approximate surface area is 97.6 Å². The van der Waals surface area contributed by atoms with Crippen molar-refractivity contribution in [2.45, 2.75) is 19.4 Å². The molecule has 0 spiro atoms. The molecule has 6 heteroatoms. The molecule has 0 aliphatic carbocycles. The molecule has 0 radical (unpaired) electrons. The lowest BCUT2D eigenvalue weighted by Crippen LogP contribution is -2.36. The third-order valence-electron chi connectivity index (χ3n) is 2.14. The van der Waals surface area contributed by atoms with Crippen LogP contribution >= 0.6 is 0 Å². The summed E-state index contributed by atoms with van der Waals surface area (Å²) in [6.07, 6.45) is 0.388. The van der Waals surface area contributed by atoms with Crippen molar-refractivity contribution in [1.29, 1.82) is 0 Å². The van der Waals surface area contributed by atoms with Crippen LogP contribution in [0.25, 0.3) is 0 Å². The van der Waals surface area contributed by atoms with Crippen molar-refractivity contribution in [1.82, 2.24) is 5.32 Å². The first-order valence-corrected chi connectivity index (χ1v) is 5.17. The quantitative estimate of drug-likeness (QED) is 0.757. The number of amides is 2. The number of hydrogen-bond donors (Lipinski definition) is 3. The van der Waals surface area contributed by atoms with E-state index in [1.165, 1.54) is 12.1 Å². The summed E-state index contributed by atoms with van der Waals surface area (Å²) in [6, 6.07) is 2.62. The topological polar surface area (TPSA) is 61.4 Å². The van der Waals surface area contributed by atoms with Crippen LogP contribution in [0.15, 0.2) is 18.2 Å². The molecule has 0 saturated carbocycles. The van der Waals surface area contributed by atoms with Crippen LogP contribution in [-0.4, -0.2) is 23.8 Å². The van der Waals surface area contributed by atoms with Crippen molar-refractivity contribution >= 4 is 11.7 Å². The molecule has 0 aromatic heterocycles. The second kappa shape index (κ2) is 6.15. The summed E-state index contributed by atoms with van der Waals surface area (Å²) in [6.45, 7) is 1.63. The maximum absolute atomic E-state index is 13.2. The molecule has 1 aromatic carbocycles. The van der Waals surface area contributed by atoms with E-state index in [0.717, 1.165) is 6.07 Å². The van der Waals surface area contributed by atoms with Crippen LogP contribution < -0.4 is 10.6 Å². The number of rotatable bonds is 4. The van der Waals surface area contributed by atoms with E-state index in [9.17, 15) is 13.6 Å². The molecule has 0 unspecified atom stereocenters. The average molecular weight is 244 g/mol. The fraction of sp³-hybridized carbons (Fsp3) is 0.364. The Balaban J connectivity index is 2.59. The summed E-state index contributed by atoms with van der Waals surface area (Å²) in [7, 11) is 0. The number of halogens is 2. The van der Waals surface area contributed by atoms with Crippen molar-refractivity contribution in [2.24, 2.45) is 0 Å². The van der Waals surface area contributed by atoms with Gasteiger partial charge in [0.15, 0.2) is 11.6 Å². The number of carbonyl (C=O) groups excluding carboxylic acids is 1. The summed E-state index contributed by atoms with van der Waals surface area (Å²) in [5.74, 6) is -2.12. The lowest BCUT2D eigenvalue weighted by molar-refractivity contribution is 0.241. The Morgan fingerprint density at radius 2 is 2.18 bits per heavy atom. The van der Waals surface area contributed by atoms with Gasteiger partial charge in [0.2, 0.25) is 0 Å². The van der Waals surface area contributed by atoms with Crippen LogP contribution in [0.4, 0.5) is 19.3 Å². The zero-order chi connectivity index (χ0) is 12.8. The van der Waals surface area contributed by atoms with Gasteiger partial charge in [0.1, 0.15) is 0 Å². The first kappa shape index (κ1) is 13.4. The molecule has 1 atom stereocenters. The molecule has 0 heterocycles. The minimum absolute atomic E-state index is 0.0597. The number of aliphatic hydroxyl groups is 1. The second-order valence-corrected chi connectivity index (χ2v) is 3.61. The Kier molecular flexibility index (Phi) is 4.84. The van der Waals surface area contributed by atoms with Gasteiger partial charge in [-0.2, -0.15) is 0 Å². The maximum atomic E-state index is 13.2. The highest BCUT2D eigenvalue weighted by molar-refractivity contribution is 5.89. The fourth-order valence-electron chi connectivity index (χ4n) is 1.25. The van der Waals surface area contributed by atoms with Crippen LogP contribution in [-0.2, 0) is 0 Å². The Hall–Kier alpha value is -1.69. The van der Waals surface area contributed by atoms with E-state index >= 15 is 0 Å². The molecule has 17 heavy (non-hydrogen) atoms. The predicted molar refractivity (Wildman–Crippen MR) is 59.7 cm³/mol. The maximum Gasteiger partial charge on any atom is 0.319 e. The van der Waals surface area contributed by atoms with Gasteiger partial charge >= 0.3 is 6.03 Å². The molecule has 0 saturated heterocycles. The number of anilines is 1. The first-order chi connectivity index (χ1) is 8.04. The second-order valence-electron chi connectivity index (χ2n) is 3.61. The van der Waals surface area contributed by atoms with Crippen LogP contribution in [0.5, 0.6) is 0 Å². The van der Waals surface area contributed by atoms with Crippen LogP contribution in [0.3, 0.4) is 0 Å². The van der Waals surface area contributed by atoms with Crippen molar-refractivity contribution in [3.63, 3.8) is 0 Å². The third-order valence-corrected chi connectivity index (χ3v) is 2.14. The van der Waals surface area contributed by atoms with Crippen LogP contribution in [0, 0.1) is 11.6 Å². The number of benzene rings is 1. The van der Waals surface area contributed by atoms with E-state index in [1.807, 2.05) is 0 Å². The number of aliphatic hydroxyl groups excluding tert-OH is 1. The molecule has 2 amide bonds. The lowest BCUT2D eigenvalue weighted by Gasteiger charge is -2.13. The molecular formula is C11H14F2N2O2. The van der Waals surface area contributed by atoms with Gasteiger partial charge in [0, 0.05) is 12.6 Å². The summed E-state index contributed by atoms with van der Waals surface area (Å²) in [4.78, 5) is 11.4. The standard InChI is InChI=1S/C11H14F2N2O2/c1-7(5-6-16)14-11(17)15-9-4-2-3-8(12)10(9)13/h2-4,7,16H,5-6H2,1H3,(H2,14,15,17)/t7-/m1/s1. The van der Waals surface area contributed by atoms with E-state index in [0.29, 0.717) is 6.42 Å². The summed E-state index contributed by atoms with van der Waals surface area (Å²) < 4.78 is 26.0. The van der Waals surface area contributed by atoms with Gasteiger partial charge < -0.3 is 15.7 Å². The number of hydrogen-bond acceptors (Lipinski definition) is 2. The third kappa shape index (κ3) is 3.99. The van der Waals surface area contributed by atoms with Gasteiger partial charge in [0.05, 0.1) is 5.69 Å². The van der Waals surface area contributed by atoms with Crippen LogP contribution in [0.1, 0.15) is 13.3 Å². The monoisotopic (exact) mass is 244 g/mol. The summed E-state index contributed by atoms with van der Waals surface area (Å²) in [5, 5.41) is 13.3. The Bertz CT molecular complexity index is 399. The predicted octanol–water partition coefficient (Wildman–Crippen LogP) is 1.86. The first-order valence-electron chi connectivity index (χ1n) is 5.17. The van der Waals surface area contributed by atoms with E-state index in [2.05, 4.69) is 10.6 Å². The molecule has 4 nitrogen and oxygen atoms in total. The van der Waals surface area contributed by atoms with Crippen LogP contribution in [0.2, 0.25) is 0 Å². The smallest absolute Gasteiger partial charge is 0.319 e. The molecular weight excluding hydrogens is 230 g/mol. The molecule has 0 bridgehead atoms. The average Bonchev–Trinajstić information content (AvgIpc) is 2.25. The zero-order valence-corrected chi connectivity index (χ0v) is 9.34. The van der Waals surface area contributed by atoms with Gasteiger partial charge in [-0.25, -0.2) is 13.6 Å². The fourth-order valence-corrected chi connectivity index (χ4v) is 1.25. The van der Waals surface area contributed by atoms with E-state index < -0.39 is 17.7 Å². The Morgan fingerprint density at radius 1 is 1.47 bits per heavy atom. The molecule has 3 N–H and O–H groups in total. The molecule has 0 aliphatic heterocycles. The normalized spacial score (nSPS) is 12.0. The largest absolute Gasteiger partial charge is 0.396 e. The highest BCUT2D eigenvalue weighted by Gasteiger charge is 2.11. The number of urea groups is 1. The van der Waals surface area contributed by atoms with Crippen molar-refractivity contribution in [3.8, 4) is 0 Å². The lowest BCUT2D eigenvalue weighted by atomic mass is 10.2. The molecule has 0 aliphatic rings. The SMILES string of the molecule is C[C@H](CCO)NC(=O)Nc1cccc(F)c1F. The van der Waals surface area contributed by atoms with Crippen molar-refractivity contribution in [3.05, 3.63) is 29.8 Å². The minimum atomic E-state index is -1.10. The van der Waals surface area contributed by atoms with Gasteiger partial charge in [-0.1, -0.05) is 6.07 Å². The van der Waals surface area contributed by atoms with E-state index in [4.69, 9.17) is 5.11 Å². The van der Waals surface area contributed by atoms with Crippen molar-refractivity contribution < 1.29 is 18.7 Å². The Morgan fingerprint density at radius 3 is 2.82 bits per heavy atom. The van der Waals surface area contributed by atoms with Crippen molar-refractivity contribution in [2.75, 3.05) is 11.9 Å². The van der Waals surface area contributed by atoms with Gasteiger partial charge in [-0.3, -0.25) is 0 Å². The number of carbonyl (C=O) groups is 1. The summed E-state index contributed by atoms with van der Waals surface area (Å²) in [5.41, 5.74) is -0.223. The summed E-state index contributed by atoms with van der Waals surface area (Å²) >= 11 is 0. The molecule has 94 valence electrons. The highest BCUT2D eigenvalue weighted by atomic mass is 19.2. The number of nitrogens with one attached hydrogen (secondary N) is 2.